The number of halogens is 1. The number of aromatic nitrogens is 2. The molecule has 1 aliphatic rings. The number of carbonyl (C=O) groups excluding carboxylic acids is 1. The molecule has 2 aromatic heterocycles. The van der Waals surface area contributed by atoms with Gasteiger partial charge in [0.1, 0.15) is 33.0 Å². The van der Waals surface area contributed by atoms with Gasteiger partial charge in [-0.2, -0.15) is 10.2 Å². The van der Waals surface area contributed by atoms with Crippen molar-refractivity contribution in [2.75, 3.05) is 5.12 Å². The Bertz CT molecular complexity index is 1720. The number of rotatable bonds is 11. The molecule has 244 valence electrons. The number of carbonyl (C=O) groups is 1. The molecule has 1 aromatic carbocycles. The van der Waals surface area contributed by atoms with Gasteiger partial charge in [-0.25, -0.2) is 13.8 Å². The Labute approximate surface area is 264 Å². The zero-order valence-electron chi connectivity index (χ0n) is 26.4. The number of nitrogens with one attached hydrogen (secondary N) is 1. The molecule has 1 fully saturated rings. The smallest absolute Gasteiger partial charge is 0.333 e. The number of fused-ring (bicyclic) bond motifs is 1. The number of anilines is 1. The highest BCUT2D eigenvalue weighted by Crippen LogP contribution is 2.38. The van der Waals surface area contributed by atoms with Gasteiger partial charge in [-0.1, -0.05) is 11.3 Å². The lowest BCUT2D eigenvalue weighted by atomic mass is 9.94. The molecule has 0 radical (unpaired) electrons. The number of ether oxygens (including phenoxy) is 1. The van der Waals surface area contributed by atoms with E-state index in [0.717, 1.165) is 28.0 Å². The summed E-state index contributed by atoms with van der Waals surface area (Å²) in [7, 11) is 0. The predicted molar refractivity (Wildman–Crippen MR) is 174 cm³/mol. The van der Waals surface area contributed by atoms with E-state index in [0.29, 0.717) is 36.2 Å². The molecule has 4 rings (SSSR count). The van der Waals surface area contributed by atoms with Crippen LogP contribution in [0.15, 0.2) is 38.0 Å². The van der Waals surface area contributed by atoms with Crippen LogP contribution in [0.5, 0.6) is 5.75 Å². The van der Waals surface area contributed by atoms with Crippen molar-refractivity contribution in [2.24, 2.45) is 10.2 Å². The number of aryl methyl sites for hydroxylation is 1. The number of hydrogen-bond acceptors (Lipinski definition) is 10. The summed E-state index contributed by atoms with van der Waals surface area (Å²) in [6, 6.07) is 3.23. The second-order valence-electron chi connectivity index (χ2n) is 12.0. The lowest BCUT2D eigenvalue weighted by Gasteiger charge is -2.31. The Kier molecular flexibility index (Phi) is 10.3. The van der Waals surface area contributed by atoms with Gasteiger partial charge >= 0.3 is 5.69 Å². The number of aliphatic hydroxyl groups is 1. The third-order valence-corrected chi connectivity index (χ3v) is 9.23. The summed E-state index contributed by atoms with van der Waals surface area (Å²) < 4.78 is 23.2. The highest BCUT2D eigenvalue weighted by atomic mass is 32.1. The molecule has 3 N–H and O–H groups in total. The first kappa shape index (κ1) is 34.0. The van der Waals surface area contributed by atoms with Gasteiger partial charge in [-0.05, 0) is 85.4 Å². The van der Waals surface area contributed by atoms with E-state index < -0.39 is 40.7 Å². The Morgan fingerprint density at radius 1 is 1.29 bits per heavy atom. The second kappa shape index (κ2) is 13.6. The lowest BCUT2D eigenvalue weighted by Crippen LogP contribution is -2.56. The third-order valence-electron chi connectivity index (χ3n) is 7.95. The minimum Gasteiger partial charge on any atom is -0.508 e. The minimum absolute atomic E-state index is 0.120. The van der Waals surface area contributed by atoms with Crippen LogP contribution in [0.3, 0.4) is 0 Å². The molecule has 3 aromatic rings. The average Bonchev–Trinajstić information content (AvgIpc) is 3.32. The molecule has 0 bridgehead atoms. The quantitative estimate of drug-likeness (QED) is 0.210. The number of phenols is 1. The molecule has 45 heavy (non-hydrogen) atoms. The number of hydrogen-bond donors (Lipinski definition) is 3. The molecule has 1 saturated carbocycles. The normalized spacial score (nSPS) is 18.1. The van der Waals surface area contributed by atoms with Gasteiger partial charge in [0.05, 0.1) is 24.1 Å². The Morgan fingerprint density at radius 2 is 1.96 bits per heavy atom. The van der Waals surface area contributed by atoms with E-state index in [1.54, 1.807) is 27.7 Å². The maximum atomic E-state index is 14.5. The number of aliphatic hydroxyl groups excluding tert-OH is 1. The summed E-state index contributed by atoms with van der Waals surface area (Å²) in [5, 5.41) is 33.6. The van der Waals surface area contributed by atoms with Crippen LogP contribution in [0.25, 0.3) is 10.2 Å². The predicted octanol–water partition coefficient (Wildman–Crippen LogP) is 4.13. The van der Waals surface area contributed by atoms with Crippen molar-refractivity contribution < 1.29 is 24.1 Å². The Morgan fingerprint density at radius 3 is 2.56 bits per heavy atom. The van der Waals surface area contributed by atoms with Gasteiger partial charge < -0.3 is 20.3 Å². The topological polar surface area (TPSA) is 151 Å². The van der Waals surface area contributed by atoms with Crippen LogP contribution in [0.1, 0.15) is 77.5 Å². The van der Waals surface area contributed by atoms with Gasteiger partial charge in [0.25, 0.3) is 5.56 Å². The van der Waals surface area contributed by atoms with E-state index in [9.17, 15) is 29.0 Å². The highest BCUT2D eigenvalue weighted by Gasteiger charge is 2.37. The van der Waals surface area contributed by atoms with Gasteiger partial charge in [-0.15, -0.1) is 5.12 Å². The summed E-state index contributed by atoms with van der Waals surface area (Å²) in [5.74, 6) is -1.37. The molecule has 1 atom stereocenters. The van der Waals surface area contributed by atoms with Crippen LogP contribution in [0.2, 0.25) is 0 Å². The molecule has 0 saturated heterocycles. The van der Waals surface area contributed by atoms with Crippen molar-refractivity contribution in [3.05, 3.63) is 56.0 Å². The molecule has 1 amide bonds. The fraction of sp³-hybridized carbons (Fsp3) is 0.516. The number of nitrogens with zero attached hydrogens (tertiary/aromatic N) is 5. The van der Waals surface area contributed by atoms with E-state index in [-0.39, 0.29) is 40.2 Å². The van der Waals surface area contributed by atoms with E-state index in [4.69, 9.17) is 4.74 Å². The van der Waals surface area contributed by atoms with E-state index in [1.165, 1.54) is 35.8 Å². The van der Waals surface area contributed by atoms with Crippen molar-refractivity contribution >= 4 is 45.4 Å². The van der Waals surface area contributed by atoms with Gasteiger partial charge in [-0.3, -0.25) is 14.2 Å². The molecule has 0 spiro atoms. The monoisotopic (exact) mass is 644 g/mol. The standard InChI is InChI=1S/C31H41FN6O6S/c1-8-34-38(33-7)27-18(4)25-26(41)37(31(5,6)29(42)35-17(2)3)30(43)36(28(25)45-27)16-24(22-15-19(32)9-14-23(22)40)44-21-12-10-20(39)11-13-21/h8-9,14-15,17,20-21,24,39-40H,7,10-13,16H2,1-6H3,(H,35,42)/b34-8-/t20?,21?,24-/m0/s1. The van der Waals surface area contributed by atoms with Crippen molar-refractivity contribution in [1.29, 1.82) is 0 Å². The van der Waals surface area contributed by atoms with Gasteiger partial charge in [0.2, 0.25) is 5.91 Å². The van der Waals surface area contributed by atoms with Crippen LogP contribution in [-0.4, -0.2) is 56.4 Å². The SMILES string of the molecule is C=NN(/N=C\C)c1sc2c(c1C)c(=O)n(C(C)(C)C(=O)NC(C)C)c(=O)n2C[C@H](OC1CCC(O)CC1)c1cc(F)ccc1O. The molecule has 2 heterocycles. The number of thiophene rings is 1. The average molecular weight is 645 g/mol. The van der Waals surface area contributed by atoms with Gasteiger partial charge in [0, 0.05) is 30.1 Å². The largest absolute Gasteiger partial charge is 0.508 e. The number of amides is 1. The zero-order valence-corrected chi connectivity index (χ0v) is 27.2. The van der Waals surface area contributed by atoms with Crippen molar-refractivity contribution in [1.82, 2.24) is 14.5 Å². The van der Waals surface area contributed by atoms with Crippen LogP contribution in [0, 0.1) is 12.7 Å². The summed E-state index contributed by atoms with van der Waals surface area (Å²) in [6.45, 7) is 13.3. The fourth-order valence-electron chi connectivity index (χ4n) is 5.56. The van der Waals surface area contributed by atoms with E-state index in [2.05, 4.69) is 22.2 Å². The molecule has 0 unspecified atom stereocenters. The van der Waals surface area contributed by atoms with Gasteiger partial charge in [0.15, 0.2) is 0 Å². The summed E-state index contributed by atoms with van der Waals surface area (Å²) in [4.78, 5) is 42.2. The van der Waals surface area contributed by atoms with Crippen molar-refractivity contribution in [3.63, 3.8) is 0 Å². The number of hydrazone groups is 2. The molecule has 14 heteroatoms. The van der Waals surface area contributed by atoms with E-state index >= 15 is 0 Å². The minimum atomic E-state index is -1.61. The highest BCUT2D eigenvalue weighted by molar-refractivity contribution is 7.22. The lowest BCUT2D eigenvalue weighted by molar-refractivity contribution is -0.129. The van der Waals surface area contributed by atoms with Crippen LogP contribution < -0.4 is 21.7 Å². The van der Waals surface area contributed by atoms with Crippen LogP contribution in [0.4, 0.5) is 9.39 Å². The molecule has 1 aliphatic carbocycles. The molecule has 12 nitrogen and oxygen atoms in total. The van der Waals surface area contributed by atoms with Crippen molar-refractivity contribution in [3.8, 4) is 5.75 Å². The Hall–Kier alpha value is -3.88. The number of benzene rings is 1. The summed E-state index contributed by atoms with van der Waals surface area (Å²) in [6.07, 6.45) is 1.75. The van der Waals surface area contributed by atoms with Crippen LogP contribution in [-0.2, 0) is 21.6 Å². The first-order chi connectivity index (χ1) is 21.2. The third kappa shape index (κ3) is 6.87. The maximum Gasteiger partial charge on any atom is 0.333 e. The molecule has 0 aliphatic heterocycles. The summed E-state index contributed by atoms with van der Waals surface area (Å²) in [5.41, 5.74) is -2.49. The van der Waals surface area contributed by atoms with E-state index in [1.807, 2.05) is 0 Å². The number of aromatic hydroxyl groups is 1. The molecular formula is C31H41FN6O6S. The summed E-state index contributed by atoms with van der Waals surface area (Å²) >= 11 is 1.08. The molecular weight excluding hydrogens is 603 g/mol. The number of phenolic OH excluding ortho intramolecular Hbond substituents is 1. The maximum absolute atomic E-state index is 14.5. The Balaban J connectivity index is 2.01. The van der Waals surface area contributed by atoms with Crippen molar-refractivity contribution in [2.45, 2.75) is 104 Å². The fourth-order valence-corrected chi connectivity index (χ4v) is 6.79. The first-order valence-corrected chi connectivity index (χ1v) is 15.7. The van der Waals surface area contributed by atoms with Crippen LogP contribution >= 0.6 is 11.3 Å². The second-order valence-corrected chi connectivity index (χ2v) is 13.0. The first-order valence-electron chi connectivity index (χ1n) is 14.9. The zero-order chi connectivity index (χ0) is 33.2.